The van der Waals surface area contributed by atoms with E-state index in [0.29, 0.717) is 0 Å². The molecule has 0 saturated heterocycles. The van der Waals surface area contributed by atoms with Crippen LogP contribution in [0.5, 0.6) is 0 Å². The van der Waals surface area contributed by atoms with Crippen molar-refractivity contribution in [2.75, 3.05) is 11.9 Å². The smallest absolute Gasteiger partial charge is 0.416 e. The topological polar surface area (TPSA) is 55.4 Å². The Kier molecular flexibility index (Phi) is 5.93. The van der Waals surface area contributed by atoms with E-state index < -0.39 is 30.2 Å². The number of carbonyl (C=O) groups is 2. The first kappa shape index (κ1) is 20.5. The quantitative estimate of drug-likeness (QED) is 0.777. The van der Waals surface area contributed by atoms with Gasteiger partial charge in [-0.05, 0) is 41.3 Å². The van der Waals surface area contributed by atoms with E-state index in [4.69, 9.17) is 4.74 Å². The minimum absolute atomic E-state index is 0.0274. The Morgan fingerprint density at radius 1 is 0.963 bits per heavy atom. The van der Waals surface area contributed by atoms with Gasteiger partial charge in [0, 0.05) is 5.69 Å². The molecule has 27 heavy (non-hydrogen) atoms. The van der Waals surface area contributed by atoms with Gasteiger partial charge in [0.25, 0.3) is 5.91 Å². The number of halogens is 3. The predicted octanol–water partition coefficient (Wildman–Crippen LogP) is 4.80. The molecule has 2 aromatic rings. The lowest BCUT2D eigenvalue weighted by molar-refractivity contribution is -0.137. The number of anilines is 1. The van der Waals surface area contributed by atoms with Gasteiger partial charge in [-0.25, -0.2) is 4.79 Å². The Morgan fingerprint density at radius 3 is 2.15 bits per heavy atom. The normalized spacial score (nSPS) is 11.8. The summed E-state index contributed by atoms with van der Waals surface area (Å²) in [5.41, 5.74) is 0.362. The zero-order valence-corrected chi connectivity index (χ0v) is 15.2. The van der Waals surface area contributed by atoms with Crippen LogP contribution in [0, 0.1) is 0 Å². The SMILES string of the molecule is CC(C)(C)c1ccc(C(=O)OCC(=O)Nc2cccc(C(F)(F)F)c2)cc1. The number of hydrogen-bond donors (Lipinski definition) is 1. The minimum atomic E-state index is -4.51. The Morgan fingerprint density at radius 2 is 1.59 bits per heavy atom. The molecule has 2 aromatic carbocycles. The molecule has 0 fully saturated rings. The number of esters is 1. The van der Waals surface area contributed by atoms with Gasteiger partial charge in [-0.3, -0.25) is 4.79 Å². The Balaban J connectivity index is 1.93. The van der Waals surface area contributed by atoms with Crippen molar-refractivity contribution in [3.8, 4) is 0 Å². The van der Waals surface area contributed by atoms with Crippen LogP contribution < -0.4 is 5.32 Å². The molecule has 0 aliphatic carbocycles. The molecule has 0 spiro atoms. The molecule has 0 atom stereocenters. The monoisotopic (exact) mass is 379 g/mol. The number of rotatable bonds is 4. The molecule has 4 nitrogen and oxygen atoms in total. The molecule has 7 heteroatoms. The van der Waals surface area contributed by atoms with Gasteiger partial charge in [-0.1, -0.05) is 39.0 Å². The van der Waals surface area contributed by atoms with E-state index in [1.165, 1.54) is 12.1 Å². The molecule has 1 N–H and O–H groups in total. The molecule has 0 radical (unpaired) electrons. The van der Waals surface area contributed by atoms with Gasteiger partial charge >= 0.3 is 12.1 Å². The van der Waals surface area contributed by atoms with E-state index in [9.17, 15) is 22.8 Å². The molecule has 0 saturated carbocycles. The van der Waals surface area contributed by atoms with Gasteiger partial charge in [-0.15, -0.1) is 0 Å². The first-order valence-corrected chi connectivity index (χ1v) is 8.21. The molecule has 1 amide bonds. The minimum Gasteiger partial charge on any atom is -0.452 e. The number of amides is 1. The third-order valence-electron chi connectivity index (χ3n) is 3.79. The predicted molar refractivity (Wildman–Crippen MR) is 95.5 cm³/mol. The molecule has 0 aromatic heterocycles. The van der Waals surface area contributed by atoms with Gasteiger partial charge < -0.3 is 10.1 Å². The second-order valence-corrected chi connectivity index (χ2v) is 7.03. The Labute approximate surface area is 155 Å². The third-order valence-corrected chi connectivity index (χ3v) is 3.79. The van der Waals surface area contributed by atoms with Crippen LogP contribution in [0.4, 0.5) is 18.9 Å². The van der Waals surface area contributed by atoms with Crippen LogP contribution in [0.25, 0.3) is 0 Å². The Bertz CT molecular complexity index is 822. The maximum atomic E-state index is 12.7. The molecular formula is C20H20F3NO3. The summed E-state index contributed by atoms with van der Waals surface area (Å²) in [5.74, 6) is -1.41. The van der Waals surface area contributed by atoms with E-state index in [-0.39, 0.29) is 16.7 Å². The second kappa shape index (κ2) is 7.82. The molecule has 0 aliphatic rings. The fourth-order valence-electron chi connectivity index (χ4n) is 2.29. The van der Waals surface area contributed by atoms with Crippen molar-refractivity contribution in [3.63, 3.8) is 0 Å². The van der Waals surface area contributed by atoms with E-state index >= 15 is 0 Å². The van der Waals surface area contributed by atoms with Crippen molar-refractivity contribution < 1.29 is 27.5 Å². The van der Waals surface area contributed by atoms with Crippen LogP contribution in [0.2, 0.25) is 0 Å². The fourth-order valence-corrected chi connectivity index (χ4v) is 2.29. The van der Waals surface area contributed by atoms with Gasteiger partial charge in [0.2, 0.25) is 0 Å². The fraction of sp³-hybridized carbons (Fsp3) is 0.300. The van der Waals surface area contributed by atoms with E-state index in [2.05, 4.69) is 5.32 Å². The molecule has 0 aliphatic heterocycles. The average molecular weight is 379 g/mol. The highest BCUT2D eigenvalue weighted by atomic mass is 19.4. The Hall–Kier alpha value is -2.83. The number of hydrogen-bond acceptors (Lipinski definition) is 3. The maximum Gasteiger partial charge on any atom is 0.416 e. The first-order valence-electron chi connectivity index (χ1n) is 8.21. The average Bonchev–Trinajstić information content (AvgIpc) is 2.58. The van der Waals surface area contributed by atoms with Gasteiger partial charge in [0.15, 0.2) is 6.61 Å². The molecule has 0 heterocycles. The van der Waals surface area contributed by atoms with Crippen molar-refractivity contribution >= 4 is 17.6 Å². The van der Waals surface area contributed by atoms with E-state index in [1.807, 2.05) is 20.8 Å². The molecule has 2 rings (SSSR count). The number of benzene rings is 2. The summed E-state index contributed by atoms with van der Waals surface area (Å²) < 4.78 is 42.9. The summed E-state index contributed by atoms with van der Waals surface area (Å²) in [5, 5.41) is 2.27. The van der Waals surface area contributed by atoms with Crippen molar-refractivity contribution in [2.45, 2.75) is 32.4 Å². The summed E-state index contributed by atoms with van der Waals surface area (Å²) in [6.45, 7) is 5.52. The van der Waals surface area contributed by atoms with Crippen molar-refractivity contribution in [2.24, 2.45) is 0 Å². The highest BCUT2D eigenvalue weighted by molar-refractivity contribution is 5.95. The molecule has 0 bridgehead atoms. The number of ether oxygens (including phenoxy) is 1. The molecular weight excluding hydrogens is 359 g/mol. The zero-order chi connectivity index (χ0) is 20.2. The summed E-state index contributed by atoms with van der Waals surface area (Å²) in [6.07, 6.45) is -4.51. The van der Waals surface area contributed by atoms with Gasteiger partial charge in [0.1, 0.15) is 0 Å². The lowest BCUT2D eigenvalue weighted by Crippen LogP contribution is -2.21. The van der Waals surface area contributed by atoms with Crippen LogP contribution in [0.1, 0.15) is 42.3 Å². The summed E-state index contributed by atoms with van der Waals surface area (Å²) >= 11 is 0. The van der Waals surface area contributed by atoms with Crippen molar-refractivity contribution in [1.82, 2.24) is 0 Å². The standard InChI is InChI=1S/C20H20F3NO3/c1-19(2,3)14-9-7-13(8-10-14)18(26)27-12-17(25)24-16-6-4-5-15(11-16)20(21,22)23/h4-11H,12H2,1-3H3,(H,24,25). The zero-order valence-electron chi connectivity index (χ0n) is 15.2. The number of carbonyl (C=O) groups excluding carboxylic acids is 2. The lowest BCUT2D eigenvalue weighted by Gasteiger charge is -2.18. The largest absolute Gasteiger partial charge is 0.452 e. The first-order chi connectivity index (χ1) is 12.5. The van der Waals surface area contributed by atoms with Gasteiger partial charge in [0.05, 0.1) is 11.1 Å². The summed E-state index contributed by atoms with van der Waals surface area (Å²) in [7, 11) is 0. The van der Waals surface area contributed by atoms with Crippen LogP contribution in [0.15, 0.2) is 48.5 Å². The third kappa shape index (κ3) is 5.84. The number of alkyl halides is 3. The highest BCUT2D eigenvalue weighted by Gasteiger charge is 2.30. The van der Waals surface area contributed by atoms with E-state index in [0.717, 1.165) is 17.7 Å². The summed E-state index contributed by atoms with van der Waals surface area (Å²) in [4.78, 5) is 23.8. The van der Waals surface area contributed by atoms with Crippen LogP contribution in [-0.2, 0) is 21.1 Å². The number of nitrogens with one attached hydrogen (secondary N) is 1. The van der Waals surface area contributed by atoms with Crippen LogP contribution in [0.3, 0.4) is 0 Å². The van der Waals surface area contributed by atoms with Crippen LogP contribution in [-0.4, -0.2) is 18.5 Å². The van der Waals surface area contributed by atoms with Gasteiger partial charge in [-0.2, -0.15) is 13.2 Å². The van der Waals surface area contributed by atoms with Crippen molar-refractivity contribution in [1.29, 1.82) is 0 Å². The summed E-state index contributed by atoms with van der Waals surface area (Å²) in [6, 6.07) is 11.0. The maximum absolute atomic E-state index is 12.7. The second-order valence-electron chi connectivity index (χ2n) is 7.03. The highest BCUT2D eigenvalue weighted by Crippen LogP contribution is 2.30. The van der Waals surface area contributed by atoms with Crippen LogP contribution >= 0.6 is 0 Å². The van der Waals surface area contributed by atoms with Crippen molar-refractivity contribution in [3.05, 3.63) is 65.2 Å². The lowest BCUT2D eigenvalue weighted by atomic mass is 9.87. The van der Waals surface area contributed by atoms with E-state index in [1.54, 1.807) is 24.3 Å². The molecule has 0 unspecified atom stereocenters. The molecule has 144 valence electrons.